The van der Waals surface area contributed by atoms with E-state index >= 15 is 0 Å². The lowest BCUT2D eigenvalue weighted by molar-refractivity contribution is -0.214. The average Bonchev–Trinajstić information content (AvgIpc) is 2.64. The molecular formula is C20H24BrNO5. The molecule has 0 N–H and O–H groups in total. The number of ether oxygens (including phenoxy) is 2. The first-order valence-corrected chi connectivity index (χ1v) is 9.67. The molecule has 2 rings (SSSR count). The predicted octanol–water partition coefficient (Wildman–Crippen LogP) is 4.95. The summed E-state index contributed by atoms with van der Waals surface area (Å²) in [5, 5.41) is 0. The van der Waals surface area contributed by atoms with Crippen molar-refractivity contribution in [1.29, 1.82) is 0 Å². The fraction of sp³-hybridized carbons (Fsp3) is 0.400. The minimum absolute atomic E-state index is 0.318. The van der Waals surface area contributed by atoms with E-state index in [2.05, 4.69) is 20.9 Å². The van der Waals surface area contributed by atoms with Crippen molar-refractivity contribution < 1.29 is 24.0 Å². The maximum absolute atomic E-state index is 11.4. The molecule has 146 valence electrons. The Hall–Kier alpha value is -2.12. The number of benzene rings is 1. The molecule has 1 aromatic carbocycles. The highest BCUT2D eigenvalue weighted by molar-refractivity contribution is 9.10. The summed E-state index contributed by atoms with van der Waals surface area (Å²) in [4.78, 5) is 25.8. The van der Waals surface area contributed by atoms with Crippen LogP contribution in [0, 0.1) is 6.92 Å². The van der Waals surface area contributed by atoms with Gasteiger partial charge in [0.2, 0.25) is 0 Å². The third kappa shape index (κ3) is 6.84. The van der Waals surface area contributed by atoms with Gasteiger partial charge in [-0.2, -0.15) is 0 Å². The van der Waals surface area contributed by atoms with Crippen molar-refractivity contribution in [3.63, 3.8) is 0 Å². The van der Waals surface area contributed by atoms with Crippen LogP contribution in [0.25, 0.3) is 0 Å². The number of carbonyl (C=O) groups is 1. The monoisotopic (exact) mass is 437 g/mol. The third-order valence-electron chi connectivity index (χ3n) is 3.64. The first kappa shape index (κ1) is 21.2. The summed E-state index contributed by atoms with van der Waals surface area (Å²) in [7, 11) is 0. The van der Waals surface area contributed by atoms with Crippen LogP contribution in [0.5, 0.6) is 11.5 Å². The van der Waals surface area contributed by atoms with Crippen molar-refractivity contribution in [2.75, 3.05) is 13.2 Å². The molecule has 2 aromatic rings. The number of aryl methyl sites for hydroxylation is 1. The Morgan fingerprint density at radius 2 is 2.04 bits per heavy atom. The van der Waals surface area contributed by atoms with Gasteiger partial charge in [-0.1, -0.05) is 13.0 Å². The van der Waals surface area contributed by atoms with E-state index in [1.807, 2.05) is 45.0 Å². The van der Waals surface area contributed by atoms with Crippen LogP contribution in [0.4, 0.5) is 0 Å². The second-order valence-electron chi connectivity index (χ2n) is 5.87. The number of pyridine rings is 1. The molecule has 0 aliphatic carbocycles. The topological polar surface area (TPSA) is 66.9 Å². The predicted molar refractivity (Wildman–Crippen MR) is 105 cm³/mol. The fourth-order valence-electron chi connectivity index (χ4n) is 2.30. The largest absolute Gasteiger partial charge is 0.482 e. The SMILES string of the molecule is CCCC(=O)OOc1ccc(O[C@H](COCC)c2cccc(Br)n2)cc1C. The number of carbonyl (C=O) groups excluding carboxylic acids is 1. The van der Waals surface area contributed by atoms with Gasteiger partial charge in [-0.05, 0) is 66.5 Å². The Kier molecular flexibility index (Phi) is 8.54. The molecule has 0 saturated carbocycles. The van der Waals surface area contributed by atoms with Gasteiger partial charge in [-0.15, -0.1) is 0 Å². The Balaban J connectivity index is 2.08. The molecule has 0 unspecified atom stereocenters. The molecule has 0 fully saturated rings. The average molecular weight is 438 g/mol. The van der Waals surface area contributed by atoms with Crippen LogP contribution in [0.1, 0.15) is 44.1 Å². The van der Waals surface area contributed by atoms with Gasteiger partial charge in [0, 0.05) is 18.6 Å². The molecule has 0 radical (unpaired) electrons. The van der Waals surface area contributed by atoms with Gasteiger partial charge >= 0.3 is 5.97 Å². The first-order chi connectivity index (χ1) is 13.0. The van der Waals surface area contributed by atoms with Crippen molar-refractivity contribution in [2.45, 2.75) is 39.7 Å². The van der Waals surface area contributed by atoms with Gasteiger partial charge in [0.25, 0.3) is 0 Å². The summed E-state index contributed by atoms with van der Waals surface area (Å²) in [5.74, 6) is 0.717. The zero-order valence-corrected chi connectivity index (χ0v) is 17.3. The van der Waals surface area contributed by atoms with E-state index in [1.165, 1.54) is 0 Å². The zero-order valence-electron chi connectivity index (χ0n) is 15.7. The third-order valence-corrected chi connectivity index (χ3v) is 4.08. The summed E-state index contributed by atoms with van der Waals surface area (Å²) in [6.07, 6.45) is 0.675. The normalized spacial score (nSPS) is 11.7. The molecule has 6 nitrogen and oxygen atoms in total. The van der Waals surface area contributed by atoms with E-state index < -0.39 is 5.97 Å². The van der Waals surface area contributed by atoms with Crippen LogP contribution in [-0.2, 0) is 14.4 Å². The lowest BCUT2D eigenvalue weighted by Crippen LogP contribution is -2.16. The molecule has 7 heteroatoms. The Bertz CT molecular complexity index is 753. The zero-order chi connectivity index (χ0) is 19.6. The van der Waals surface area contributed by atoms with E-state index in [9.17, 15) is 4.79 Å². The van der Waals surface area contributed by atoms with Crippen LogP contribution in [0.2, 0.25) is 0 Å². The van der Waals surface area contributed by atoms with Gasteiger partial charge < -0.3 is 9.47 Å². The summed E-state index contributed by atoms with van der Waals surface area (Å²) in [6, 6.07) is 10.9. The highest BCUT2D eigenvalue weighted by atomic mass is 79.9. The van der Waals surface area contributed by atoms with Crippen LogP contribution < -0.4 is 9.62 Å². The van der Waals surface area contributed by atoms with Gasteiger partial charge in [-0.3, -0.25) is 9.78 Å². The van der Waals surface area contributed by atoms with E-state index in [0.717, 1.165) is 15.9 Å². The van der Waals surface area contributed by atoms with Crippen LogP contribution in [0.15, 0.2) is 41.0 Å². The smallest absolute Gasteiger partial charge is 0.355 e. The number of nitrogens with zero attached hydrogens (tertiary/aromatic N) is 1. The molecule has 1 atom stereocenters. The van der Waals surface area contributed by atoms with Crippen molar-refractivity contribution in [3.05, 3.63) is 52.3 Å². The number of hydrogen-bond donors (Lipinski definition) is 0. The van der Waals surface area contributed by atoms with Gasteiger partial charge in [-0.25, -0.2) is 9.78 Å². The summed E-state index contributed by atoms with van der Waals surface area (Å²) in [6.45, 7) is 6.65. The fourth-order valence-corrected chi connectivity index (χ4v) is 2.66. The van der Waals surface area contributed by atoms with Crippen LogP contribution in [-0.4, -0.2) is 24.2 Å². The second kappa shape index (κ2) is 10.9. The van der Waals surface area contributed by atoms with E-state index in [1.54, 1.807) is 12.1 Å². The van der Waals surface area contributed by atoms with Gasteiger partial charge in [0.1, 0.15) is 10.4 Å². The van der Waals surface area contributed by atoms with Crippen molar-refractivity contribution in [1.82, 2.24) is 4.98 Å². The minimum Gasteiger partial charge on any atom is -0.482 e. The number of rotatable bonds is 10. The minimum atomic E-state index is -0.394. The lowest BCUT2D eigenvalue weighted by Gasteiger charge is -2.19. The second-order valence-corrected chi connectivity index (χ2v) is 6.68. The summed E-state index contributed by atoms with van der Waals surface area (Å²) >= 11 is 3.38. The lowest BCUT2D eigenvalue weighted by atomic mass is 10.2. The number of halogens is 1. The van der Waals surface area contributed by atoms with Crippen LogP contribution >= 0.6 is 15.9 Å². The number of hydrogen-bond acceptors (Lipinski definition) is 6. The Morgan fingerprint density at radius 1 is 1.22 bits per heavy atom. The maximum Gasteiger partial charge on any atom is 0.355 e. The molecular weight excluding hydrogens is 414 g/mol. The molecule has 0 aliphatic heterocycles. The van der Waals surface area contributed by atoms with E-state index in [-0.39, 0.29) is 6.10 Å². The maximum atomic E-state index is 11.4. The Morgan fingerprint density at radius 3 is 2.70 bits per heavy atom. The highest BCUT2D eigenvalue weighted by Gasteiger charge is 2.17. The van der Waals surface area contributed by atoms with Crippen molar-refractivity contribution in [2.24, 2.45) is 0 Å². The number of aromatic nitrogens is 1. The molecule has 0 saturated heterocycles. The van der Waals surface area contributed by atoms with E-state index in [0.29, 0.717) is 37.6 Å². The molecule has 1 heterocycles. The molecule has 0 spiro atoms. The quantitative estimate of drug-likeness (QED) is 0.297. The molecule has 0 aliphatic rings. The molecule has 27 heavy (non-hydrogen) atoms. The summed E-state index contributed by atoms with van der Waals surface area (Å²) in [5.41, 5.74) is 1.55. The first-order valence-electron chi connectivity index (χ1n) is 8.88. The Labute approximate surface area is 167 Å². The summed E-state index contributed by atoms with van der Waals surface area (Å²) < 4.78 is 12.4. The van der Waals surface area contributed by atoms with E-state index in [4.69, 9.17) is 19.2 Å². The molecule has 1 aromatic heterocycles. The van der Waals surface area contributed by atoms with Gasteiger partial charge in [0.15, 0.2) is 11.9 Å². The van der Waals surface area contributed by atoms with Crippen molar-refractivity contribution in [3.8, 4) is 11.5 Å². The standard InChI is InChI=1S/C20H24BrNO5/c1-4-7-20(23)27-26-17-11-10-15(12-14(17)3)25-18(13-24-5-2)16-8-6-9-19(21)22-16/h6,8-12,18H,4-5,7,13H2,1-3H3/t18-/m1/s1. The van der Waals surface area contributed by atoms with Crippen LogP contribution in [0.3, 0.4) is 0 Å². The van der Waals surface area contributed by atoms with Gasteiger partial charge in [0.05, 0.1) is 12.3 Å². The van der Waals surface area contributed by atoms with Crippen molar-refractivity contribution >= 4 is 21.9 Å². The highest BCUT2D eigenvalue weighted by Crippen LogP contribution is 2.28. The molecule has 0 bridgehead atoms. The molecule has 0 amide bonds.